The molecule has 0 bridgehead atoms. The Morgan fingerprint density at radius 1 is 1.31 bits per heavy atom. The predicted octanol–water partition coefficient (Wildman–Crippen LogP) is 2.54. The van der Waals surface area contributed by atoms with E-state index in [1.165, 1.54) is 18.9 Å². The molecule has 2 heterocycles. The van der Waals surface area contributed by atoms with Crippen LogP contribution in [0.3, 0.4) is 0 Å². The third kappa shape index (κ3) is 5.29. The van der Waals surface area contributed by atoms with Crippen LogP contribution in [0.25, 0.3) is 6.08 Å². The second-order valence-electron chi connectivity index (χ2n) is 6.53. The third-order valence-electron chi connectivity index (χ3n) is 4.52. The lowest BCUT2D eigenvalue weighted by Gasteiger charge is -2.26. The maximum atomic E-state index is 12.5. The highest BCUT2D eigenvalue weighted by molar-refractivity contribution is 8.26. The molecule has 29 heavy (non-hydrogen) atoms. The lowest BCUT2D eigenvalue weighted by Crippen LogP contribution is -2.43. The number of hydrogen-bond donors (Lipinski definition) is 0. The number of methoxy groups -OCH3 is 1. The van der Waals surface area contributed by atoms with Gasteiger partial charge in [-0.15, -0.1) is 0 Å². The molecule has 156 valence electrons. The summed E-state index contributed by atoms with van der Waals surface area (Å²) in [4.78, 5) is 28.7. The Morgan fingerprint density at radius 3 is 2.76 bits per heavy atom. The minimum Gasteiger partial charge on any atom is -0.493 e. The number of rotatable bonds is 7. The van der Waals surface area contributed by atoms with Gasteiger partial charge in [0.1, 0.15) is 4.32 Å². The Labute approximate surface area is 180 Å². The van der Waals surface area contributed by atoms with Crippen molar-refractivity contribution in [2.24, 2.45) is 0 Å². The highest BCUT2D eigenvalue weighted by Crippen LogP contribution is 2.34. The monoisotopic (exact) mass is 436 g/mol. The molecule has 0 radical (unpaired) electrons. The zero-order chi connectivity index (χ0) is 20.8. The van der Waals surface area contributed by atoms with E-state index < -0.39 is 0 Å². The van der Waals surface area contributed by atoms with Gasteiger partial charge in [0.2, 0.25) is 0 Å². The fourth-order valence-electron chi connectivity index (χ4n) is 3.00. The molecule has 0 aromatic heterocycles. The molecule has 2 aliphatic rings. The van der Waals surface area contributed by atoms with Crippen LogP contribution in [0.1, 0.15) is 18.9 Å². The van der Waals surface area contributed by atoms with Crippen molar-refractivity contribution >= 4 is 46.2 Å². The van der Waals surface area contributed by atoms with Gasteiger partial charge in [-0.25, -0.2) is 0 Å². The van der Waals surface area contributed by atoms with Crippen molar-refractivity contribution in [3.8, 4) is 11.5 Å². The van der Waals surface area contributed by atoms with Crippen molar-refractivity contribution in [1.29, 1.82) is 0 Å². The van der Waals surface area contributed by atoms with Gasteiger partial charge in [0.25, 0.3) is 11.8 Å². The SMILES string of the molecule is CCCN1C(=O)/C(=C\c2ccc(OCC(=O)N3CCOCC3)c(OC)c2)SC1=S. The van der Waals surface area contributed by atoms with Gasteiger partial charge in [-0.2, -0.15) is 0 Å². The van der Waals surface area contributed by atoms with Gasteiger partial charge >= 0.3 is 0 Å². The number of carbonyl (C=O) groups is 2. The lowest BCUT2D eigenvalue weighted by atomic mass is 10.2. The van der Waals surface area contributed by atoms with Gasteiger partial charge in [-0.3, -0.25) is 14.5 Å². The average Bonchev–Trinajstić information content (AvgIpc) is 3.00. The van der Waals surface area contributed by atoms with Crippen molar-refractivity contribution in [1.82, 2.24) is 9.80 Å². The van der Waals surface area contributed by atoms with Crippen molar-refractivity contribution < 1.29 is 23.8 Å². The van der Waals surface area contributed by atoms with E-state index in [0.717, 1.165) is 12.0 Å². The number of benzene rings is 1. The molecule has 7 nitrogen and oxygen atoms in total. The van der Waals surface area contributed by atoms with Gasteiger partial charge in [-0.05, 0) is 30.2 Å². The maximum absolute atomic E-state index is 12.5. The van der Waals surface area contributed by atoms with Crippen molar-refractivity contribution in [2.45, 2.75) is 13.3 Å². The summed E-state index contributed by atoms with van der Waals surface area (Å²) in [5.41, 5.74) is 0.797. The standard InChI is InChI=1S/C20H24N2O5S2/c1-3-6-22-19(24)17(29-20(22)28)12-14-4-5-15(16(11-14)25-2)27-13-18(23)21-7-9-26-10-8-21/h4-5,11-12H,3,6-10,13H2,1-2H3/b17-12+. The zero-order valence-electron chi connectivity index (χ0n) is 16.5. The summed E-state index contributed by atoms with van der Waals surface area (Å²) >= 11 is 6.60. The average molecular weight is 437 g/mol. The largest absolute Gasteiger partial charge is 0.493 e. The summed E-state index contributed by atoms with van der Waals surface area (Å²) in [5.74, 6) is 0.818. The summed E-state index contributed by atoms with van der Waals surface area (Å²) in [6, 6.07) is 5.34. The summed E-state index contributed by atoms with van der Waals surface area (Å²) in [6.45, 7) is 4.82. The second-order valence-corrected chi connectivity index (χ2v) is 8.20. The Bertz CT molecular complexity index is 821. The molecular formula is C20H24N2O5S2. The Kier molecular flexibility index (Phi) is 7.51. The summed E-state index contributed by atoms with van der Waals surface area (Å²) in [5, 5.41) is 0. The Balaban J connectivity index is 1.68. The van der Waals surface area contributed by atoms with Crippen LogP contribution < -0.4 is 9.47 Å². The molecule has 1 aromatic carbocycles. The predicted molar refractivity (Wildman–Crippen MR) is 116 cm³/mol. The molecule has 0 unspecified atom stereocenters. The molecule has 2 saturated heterocycles. The third-order valence-corrected chi connectivity index (χ3v) is 5.90. The molecule has 0 aliphatic carbocycles. The van der Waals surface area contributed by atoms with E-state index in [9.17, 15) is 9.59 Å². The first kappa shape index (κ1) is 21.6. The van der Waals surface area contributed by atoms with Gasteiger partial charge in [0.15, 0.2) is 18.1 Å². The molecule has 0 N–H and O–H groups in total. The van der Waals surface area contributed by atoms with Gasteiger partial charge in [0.05, 0.1) is 25.2 Å². The van der Waals surface area contributed by atoms with Gasteiger partial charge < -0.3 is 19.1 Å². The number of carbonyl (C=O) groups excluding carboxylic acids is 2. The minimum absolute atomic E-state index is 0.0641. The van der Waals surface area contributed by atoms with E-state index in [4.69, 9.17) is 26.4 Å². The van der Waals surface area contributed by atoms with Crippen LogP contribution in [0.4, 0.5) is 0 Å². The molecule has 9 heteroatoms. The zero-order valence-corrected chi connectivity index (χ0v) is 18.1. The first-order valence-corrected chi connectivity index (χ1v) is 10.7. The Morgan fingerprint density at radius 2 is 2.07 bits per heavy atom. The molecule has 0 spiro atoms. The topological polar surface area (TPSA) is 68.3 Å². The first-order valence-electron chi connectivity index (χ1n) is 9.45. The quantitative estimate of drug-likeness (QED) is 0.481. The molecule has 0 saturated carbocycles. The van der Waals surface area contributed by atoms with E-state index in [1.807, 2.05) is 13.0 Å². The van der Waals surface area contributed by atoms with Crippen molar-refractivity contribution in [3.63, 3.8) is 0 Å². The summed E-state index contributed by atoms with van der Waals surface area (Å²) in [6.07, 6.45) is 2.64. The highest BCUT2D eigenvalue weighted by Gasteiger charge is 2.31. The number of morpholine rings is 1. The molecule has 2 aliphatic heterocycles. The van der Waals surface area contributed by atoms with Crippen LogP contribution in [0, 0.1) is 0 Å². The van der Waals surface area contributed by atoms with Crippen LogP contribution in [0.15, 0.2) is 23.1 Å². The summed E-state index contributed by atoms with van der Waals surface area (Å²) < 4.78 is 16.9. The van der Waals surface area contributed by atoms with E-state index >= 15 is 0 Å². The number of amides is 2. The fraction of sp³-hybridized carbons (Fsp3) is 0.450. The number of thioether (sulfide) groups is 1. The highest BCUT2D eigenvalue weighted by atomic mass is 32.2. The van der Waals surface area contributed by atoms with Crippen LogP contribution >= 0.6 is 24.0 Å². The number of thiocarbonyl (C=S) groups is 1. The maximum Gasteiger partial charge on any atom is 0.266 e. The number of nitrogens with zero attached hydrogens (tertiary/aromatic N) is 2. The van der Waals surface area contributed by atoms with Crippen LogP contribution in [0.2, 0.25) is 0 Å². The molecule has 3 rings (SSSR count). The second kappa shape index (κ2) is 10.1. The summed E-state index contributed by atoms with van der Waals surface area (Å²) in [7, 11) is 1.54. The molecular weight excluding hydrogens is 412 g/mol. The molecule has 1 aromatic rings. The normalized spacial score (nSPS) is 18.5. The lowest BCUT2D eigenvalue weighted by molar-refractivity contribution is -0.137. The van der Waals surface area contributed by atoms with Crippen LogP contribution in [-0.4, -0.2) is 72.5 Å². The van der Waals surface area contributed by atoms with E-state index in [0.29, 0.717) is 53.6 Å². The van der Waals surface area contributed by atoms with E-state index in [-0.39, 0.29) is 18.4 Å². The van der Waals surface area contributed by atoms with Crippen LogP contribution in [0.5, 0.6) is 11.5 Å². The van der Waals surface area contributed by atoms with Crippen molar-refractivity contribution in [3.05, 3.63) is 28.7 Å². The van der Waals surface area contributed by atoms with E-state index in [2.05, 4.69) is 0 Å². The fourth-order valence-corrected chi connectivity index (χ4v) is 4.31. The van der Waals surface area contributed by atoms with Gasteiger partial charge in [0, 0.05) is 19.6 Å². The van der Waals surface area contributed by atoms with Crippen molar-refractivity contribution in [2.75, 3.05) is 46.6 Å². The first-order chi connectivity index (χ1) is 14.0. The molecule has 2 fully saturated rings. The number of hydrogen-bond acceptors (Lipinski definition) is 7. The minimum atomic E-state index is -0.0842. The Hall–Kier alpha value is -2.10. The molecule has 2 amide bonds. The number of ether oxygens (including phenoxy) is 3. The van der Waals surface area contributed by atoms with Crippen LogP contribution in [-0.2, 0) is 14.3 Å². The van der Waals surface area contributed by atoms with E-state index in [1.54, 1.807) is 28.0 Å². The smallest absolute Gasteiger partial charge is 0.266 e. The molecule has 0 atom stereocenters. The van der Waals surface area contributed by atoms with Gasteiger partial charge in [-0.1, -0.05) is 37.0 Å².